The molecule has 1 aliphatic heterocycles. The van der Waals surface area contributed by atoms with Crippen molar-refractivity contribution >= 4 is 22.8 Å². The highest BCUT2D eigenvalue weighted by molar-refractivity contribution is 6.07. The largest absolute Gasteiger partial charge is 0.480 e. The summed E-state index contributed by atoms with van der Waals surface area (Å²) in [5, 5.41) is 19.5. The number of aliphatic hydroxyl groups excluding tert-OH is 1. The van der Waals surface area contributed by atoms with Gasteiger partial charge in [0.1, 0.15) is 6.04 Å². The van der Waals surface area contributed by atoms with Crippen molar-refractivity contribution in [1.82, 2.24) is 9.88 Å². The van der Waals surface area contributed by atoms with Crippen LogP contribution in [0.25, 0.3) is 10.9 Å². The fourth-order valence-corrected chi connectivity index (χ4v) is 2.71. The second-order valence-corrected chi connectivity index (χ2v) is 5.08. The molecule has 0 spiro atoms. The highest BCUT2D eigenvalue weighted by Gasteiger charge is 2.39. The summed E-state index contributed by atoms with van der Waals surface area (Å²) in [6.45, 7) is 0.0342. The number of para-hydroxylation sites is 1. The number of nitrogens with zero attached hydrogens (tertiary/aromatic N) is 2. The number of carboxylic acids is 1. The molecule has 6 heteroatoms. The van der Waals surface area contributed by atoms with E-state index in [0.29, 0.717) is 16.5 Å². The second kappa shape index (κ2) is 5.14. The number of amides is 1. The Hall–Kier alpha value is -2.47. The number of carbonyl (C=O) groups excluding carboxylic acids is 1. The molecule has 3 rings (SSSR count). The lowest BCUT2D eigenvalue weighted by molar-refractivity contribution is -0.141. The molecule has 1 aromatic heterocycles. The molecule has 21 heavy (non-hydrogen) atoms. The molecule has 0 saturated carbocycles. The Bertz CT molecular complexity index is 710. The van der Waals surface area contributed by atoms with Crippen molar-refractivity contribution in [1.29, 1.82) is 0 Å². The van der Waals surface area contributed by atoms with Crippen molar-refractivity contribution < 1.29 is 19.8 Å². The van der Waals surface area contributed by atoms with E-state index in [-0.39, 0.29) is 13.0 Å². The van der Waals surface area contributed by atoms with Gasteiger partial charge in [-0.3, -0.25) is 9.78 Å². The van der Waals surface area contributed by atoms with Gasteiger partial charge in [0.15, 0.2) is 0 Å². The van der Waals surface area contributed by atoms with Gasteiger partial charge in [-0.1, -0.05) is 18.2 Å². The number of fused-ring (bicyclic) bond motifs is 1. The summed E-state index contributed by atoms with van der Waals surface area (Å²) in [5.41, 5.74) is 1.08. The van der Waals surface area contributed by atoms with Crippen LogP contribution in [0.4, 0.5) is 0 Å². The number of likely N-dealkylation sites (tertiary alicyclic amines) is 1. The number of carbonyl (C=O) groups is 2. The van der Waals surface area contributed by atoms with Crippen molar-refractivity contribution in [3.05, 3.63) is 42.1 Å². The van der Waals surface area contributed by atoms with Crippen molar-refractivity contribution in [3.63, 3.8) is 0 Å². The van der Waals surface area contributed by atoms with Crippen molar-refractivity contribution in [2.24, 2.45) is 0 Å². The first-order valence-corrected chi connectivity index (χ1v) is 6.63. The van der Waals surface area contributed by atoms with Gasteiger partial charge in [0.25, 0.3) is 5.91 Å². The Balaban J connectivity index is 2.02. The Morgan fingerprint density at radius 2 is 2.00 bits per heavy atom. The summed E-state index contributed by atoms with van der Waals surface area (Å²) in [5.74, 6) is -1.49. The zero-order valence-corrected chi connectivity index (χ0v) is 11.1. The van der Waals surface area contributed by atoms with E-state index in [9.17, 15) is 19.8 Å². The zero-order valence-electron chi connectivity index (χ0n) is 11.1. The van der Waals surface area contributed by atoms with Crippen LogP contribution in [-0.2, 0) is 4.79 Å². The topological polar surface area (TPSA) is 90.7 Å². The maximum Gasteiger partial charge on any atom is 0.326 e. The number of benzene rings is 1. The zero-order chi connectivity index (χ0) is 15.0. The lowest BCUT2D eigenvalue weighted by Gasteiger charge is -2.21. The summed E-state index contributed by atoms with van der Waals surface area (Å²) < 4.78 is 0. The lowest BCUT2D eigenvalue weighted by atomic mass is 10.1. The minimum Gasteiger partial charge on any atom is -0.480 e. The average Bonchev–Trinajstić information content (AvgIpc) is 2.88. The minimum absolute atomic E-state index is 0.0342. The first-order valence-electron chi connectivity index (χ1n) is 6.63. The SMILES string of the molecule is O=C(O)[C@H]1C[C@@H](O)CN1C(=O)c1ccnc2ccccc12. The van der Waals surface area contributed by atoms with E-state index < -0.39 is 24.0 Å². The first-order chi connectivity index (χ1) is 10.1. The van der Waals surface area contributed by atoms with Gasteiger partial charge in [-0.15, -0.1) is 0 Å². The van der Waals surface area contributed by atoms with Gasteiger partial charge >= 0.3 is 5.97 Å². The van der Waals surface area contributed by atoms with E-state index >= 15 is 0 Å². The van der Waals surface area contributed by atoms with Crippen LogP contribution in [0.2, 0.25) is 0 Å². The van der Waals surface area contributed by atoms with E-state index in [1.807, 2.05) is 6.07 Å². The van der Waals surface area contributed by atoms with Gasteiger partial charge in [0, 0.05) is 24.5 Å². The molecule has 0 aliphatic carbocycles. The standard InChI is InChI=1S/C15H14N2O4/c18-9-7-13(15(20)21)17(8-9)14(19)11-5-6-16-12-4-2-1-3-10(11)12/h1-6,9,13,18H,7-8H2,(H,20,21)/t9-,13-/m1/s1. The normalized spacial score (nSPS) is 21.7. The average molecular weight is 286 g/mol. The fourth-order valence-electron chi connectivity index (χ4n) is 2.71. The molecule has 1 amide bonds. The van der Waals surface area contributed by atoms with E-state index in [2.05, 4.69) is 4.98 Å². The van der Waals surface area contributed by atoms with Gasteiger partial charge in [-0.25, -0.2) is 4.79 Å². The van der Waals surface area contributed by atoms with Crippen LogP contribution in [-0.4, -0.2) is 50.7 Å². The van der Waals surface area contributed by atoms with Gasteiger partial charge in [0.2, 0.25) is 0 Å². The molecule has 1 aliphatic rings. The molecule has 0 radical (unpaired) electrons. The Morgan fingerprint density at radius 3 is 2.76 bits per heavy atom. The third-order valence-electron chi connectivity index (χ3n) is 3.70. The Morgan fingerprint density at radius 1 is 1.24 bits per heavy atom. The van der Waals surface area contributed by atoms with E-state index in [1.54, 1.807) is 24.3 Å². The summed E-state index contributed by atoms with van der Waals surface area (Å²) in [4.78, 5) is 29.3. The monoisotopic (exact) mass is 286 g/mol. The number of rotatable bonds is 2. The van der Waals surface area contributed by atoms with Crippen molar-refractivity contribution in [2.75, 3.05) is 6.54 Å². The van der Waals surface area contributed by atoms with Crippen LogP contribution in [0.1, 0.15) is 16.8 Å². The molecule has 2 N–H and O–H groups in total. The molecule has 0 bridgehead atoms. The molecular weight excluding hydrogens is 272 g/mol. The summed E-state index contributed by atoms with van der Waals surface area (Å²) in [6.07, 6.45) is 0.783. The van der Waals surface area contributed by atoms with E-state index in [0.717, 1.165) is 0 Å². The number of carboxylic acid groups (broad SMARTS) is 1. The van der Waals surface area contributed by atoms with Crippen molar-refractivity contribution in [3.8, 4) is 0 Å². The molecule has 6 nitrogen and oxygen atoms in total. The van der Waals surface area contributed by atoms with Gasteiger partial charge in [-0.2, -0.15) is 0 Å². The van der Waals surface area contributed by atoms with Crippen LogP contribution in [0.15, 0.2) is 36.5 Å². The number of aliphatic carboxylic acids is 1. The number of aromatic nitrogens is 1. The van der Waals surface area contributed by atoms with Gasteiger partial charge < -0.3 is 15.1 Å². The number of hydrogen-bond donors (Lipinski definition) is 2. The number of aliphatic hydroxyl groups is 1. The molecule has 1 aromatic carbocycles. The molecular formula is C15H14N2O4. The highest BCUT2D eigenvalue weighted by atomic mass is 16.4. The summed E-state index contributed by atoms with van der Waals surface area (Å²) in [7, 11) is 0. The predicted octanol–water partition coefficient (Wildman–Crippen LogP) is 0.895. The van der Waals surface area contributed by atoms with Crippen LogP contribution in [0.3, 0.4) is 0 Å². The van der Waals surface area contributed by atoms with Crippen molar-refractivity contribution in [2.45, 2.75) is 18.6 Å². The predicted molar refractivity (Wildman–Crippen MR) is 74.8 cm³/mol. The summed E-state index contributed by atoms with van der Waals surface area (Å²) in [6, 6.07) is 7.78. The molecule has 1 saturated heterocycles. The quantitative estimate of drug-likeness (QED) is 0.855. The smallest absolute Gasteiger partial charge is 0.326 e. The Kier molecular flexibility index (Phi) is 3.31. The maximum absolute atomic E-state index is 12.6. The summed E-state index contributed by atoms with van der Waals surface area (Å²) >= 11 is 0. The van der Waals surface area contributed by atoms with Gasteiger partial charge in [0.05, 0.1) is 17.2 Å². The molecule has 2 heterocycles. The second-order valence-electron chi connectivity index (χ2n) is 5.08. The number of hydrogen-bond acceptors (Lipinski definition) is 4. The molecule has 108 valence electrons. The van der Waals surface area contributed by atoms with E-state index in [1.165, 1.54) is 11.1 Å². The van der Waals surface area contributed by atoms with E-state index in [4.69, 9.17) is 0 Å². The molecule has 1 fully saturated rings. The highest BCUT2D eigenvalue weighted by Crippen LogP contribution is 2.24. The number of β-amino-alcohol motifs (C(OH)–C–C–N with tert-alkyl or cyclic N) is 1. The molecule has 2 aromatic rings. The maximum atomic E-state index is 12.6. The van der Waals surface area contributed by atoms with Crippen LogP contribution in [0.5, 0.6) is 0 Å². The van der Waals surface area contributed by atoms with Crippen LogP contribution >= 0.6 is 0 Å². The van der Waals surface area contributed by atoms with Crippen LogP contribution in [0, 0.1) is 0 Å². The van der Waals surface area contributed by atoms with Gasteiger partial charge in [-0.05, 0) is 12.1 Å². The Labute approximate surface area is 120 Å². The molecule has 0 unspecified atom stereocenters. The molecule has 2 atom stereocenters. The third-order valence-corrected chi connectivity index (χ3v) is 3.70. The lowest BCUT2D eigenvalue weighted by Crippen LogP contribution is -2.40. The van der Waals surface area contributed by atoms with Crippen LogP contribution < -0.4 is 0 Å². The first kappa shape index (κ1) is 13.5. The third kappa shape index (κ3) is 2.34. The number of pyridine rings is 1. The minimum atomic E-state index is -1.10. The fraction of sp³-hybridized carbons (Fsp3) is 0.267.